The molecule has 0 saturated heterocycles. The third-order valence-electron chi connectivity index (χ3n) is 3.75. The van der Waals surface area contributed by atoms with Gasteiger partial charge in [0, 0.05) is 6.07 Å². The molecule has 140 valence electrons. The van der Waals surface area contributed by atoms with Crippen LogP contribution in [0.3, 0.4) is 0 Å². The van der Waals surface area contributed by atoms with Crippen molar-refractivity contribution in [3.63, 3.8) is 0 Å². The van der Waals surface area contributed by atoms with Gasteiger partial charge < -0.3 is 14.2 Å². The normalized spacial score (nSPS) is 10.9. The number of nitrogens with one attached hydrogen (secondary N) is 1. The quantitative estimate of drug-likeness (QED) is 0.656. The maximum absolute atomic E-state index is 12.6. The Morgan fingerprint density at radius 3 is 2.11 bits per heavy atom. The first-order valence-corrected chi connectivity index (χ1v) is 9.58. The summed E-state index contributed by atoms with van der Waals surface area (Å²) in [6.45, 7) is 0. The Kier molecular flexibility index (Phi) is 5.52. The summed E-state index contributed by atoms with van der Waals surface area (Å²) < 4.78 is 43.7. The van der Waals surface area contributed by atoms with Crippen molar-refractivity contribution in [3.8, 4) is 23.0 Å². The van der Waals surface area contributed by atoms with E-state index in [4.69, 9.17) is 14.2 Å². The van der Waals surface area contributed by atoms with Gasteiger partial charge in [0.25, 0.3) is 10.0 Å². The smallest absolute Gasteiger partial charge is 0.261 e. The molecule has 3 rings (SSSR count). The Hall–Kier alpha value is -3.19. The number of ether oxygens (including phenoxy) is 3. The zero-order valence-corrected chi connectivity index (χ0v) is 15.7. The zero-order chi connectivity index (χ0) is 19.3. The first kappa shape index (κ1) is 18.6. The van der Waals surface area contributed by atoms with Crippen LogP contribution in [0.5, 0.6) is 23.0 Å². The van der Waals surface area contributed by atoms with Crippen LogP contribution in [0.15, 0.2) is 77.7 Å². The van der Waals surface area contributed by atoms with E-state index >= 15 is 0 Å². The summed E-state index contributed by atoms with van der Waals surface area (Å²) in [5.74, 6) is 2.20. The van der Waals surface area contributed by atoms with Gasteiger partial charge in [0.05, 0.1) is 24.8 Å². The molecule has 0 aliphatic rings. The fourth-order valence-electron chi connectivity index (χ4n) is 2.42. The SMILES string of the molecule is COc1cccc(NS(=O)(=O)c2ccc(Oc3ccccc3OC)cc2)c1. The summed E-state index contributed by atoms with van der Waals surface area (Å²) in [4.78, 5) is 0.123. The van der Waals surface area contributed by atoms with Gasteiger partial charge in [-0.3, -0.25) is 4.72 Å². The molecule has 0 fully saturated rings. The van der Waals surface area contributed by atoms with E-state index in [1.54, 1.807) is 55.6 Å². The topological polar surface area (TPSA) is 73.9 Å². The van der Waals surface area contributed by atoms with Gasteiger partial charge in [0.15, 0.2) is 11.5 Å². The summed E-state index contributed by atoms with van der Waals surface area (Å²) in [7, 11) is -0.647. The molecule has 1 N–H and O–H groups in total. The van der Waals surface area contributed by atoms with Crippen LogP contribution >= 0.6 is 0 Å². The predicted octanol–water partition coefficient (Wildman–Crippen LogP) is 4.30. The number of benzene rings is 3. The van der Waals surface area contributed by atoms with Crippen molar-refractivity contribution >= 4 is 15.7 Å². The van der Waals surface area contributed by atoms with Crippen molar-refractivity contribution < 1.29 is 22.6 Å². The molecule has 0 amide bonds. The van der Waals surface area contributed by atoms with E-state index in [9.17, 15) is 8.42 Å². The molecule has 27 heavy (non-hydrogen) atoms. The summed E-state index contributed by atoms with van der Waals surface area (Å²) in [5.41, 5.74) is 0.420. The van der Waals surface area contributed by atoms with Gasteiger partial charge in [-0.05, 0) is 48.5 Å². The van der Waals surface area contributed by atoms with Crippen molar-refractivity contribution in [2.24, 2.45) is 0 Å². The fourth-order valence-corrected chi connectivity index (χ4v) is 3.47. The molecule has 3 aromatic rings. The lowest BCUT2D eigenvalue weighted by atomic mass is 10.3. The van der Waals surface area contributed by atoms with Crippen molar-refractivity contribution in [3.05, 3.63) is 72.8 Å². The number of para-hydroxylation sites is 2. The van der Waals surface area contributed by atoms with Gasteiger partial charge in [-0.15, -0.1) is 0 Å². The molecule has 7 heteroatoms. The van der Waals surface area contributed by atoms with Crippen LogP contribution in [0.1, 0.15) is 0 Å². The molecule has 0 aliphatic carbocycles. The maximum atomic E-state index is 12.6. The Morgan fingerprint density at radius 1 is 0.741 bits per heavy atom. The molecule has 3 aromatic carbocycles. The second kappa shape index (κ2) is 8.01. The van der Waals surface area contributed by atoms with Crippen LogP contribution in [0.25, 0.3) is 0 Å². The van der Waals surface area contributed by atoms with E-state index in [1.165, 1.54) is 19.2 Å². The third-order valence-corrected chi connectivity index (χ3v) is 5.15. The fraction of sp³-hybridized carbons (Fsp3) is 0.100. The summed E-state index contributed by atoms with van der Waals surface area (Å²) in [6, 6.07) is 20.1. The number of anilines is 1. The van der Waals surface area contributed by atoms with Gasteiger partial charge in [0.2, 0.25) is 0 Å². The number of hydrogen-bond acceptors (Lipinski definition) is 5. The Morgan fingerprint density at radius 2 is 1.44 bits per heavy atom. The maximum Gasteiger partial charge on any atom is 0.261 e. The molecule has 0 heterocycles. The first-order valence-electron chi connectivity index (χ1n) is 8.09. The Bertz CT molecular complexity index is 1020. The minimum absolute atomic E-state index is 0.123. The number of sulfonamides is 1. The first-order chi connectivity index (χ1) is 13.0. The third kappa shape index (κ3) is 4.51. The standard InChI is InChI=1S/C20H19NO5S/c1-24-17-7-5-6-15(14-17)21-27(22,23)18-12-10-16(11-13-18)26-20-9-4-3-8-19(20)25-2/h3-14,21H,1-2H3. The van der Waals surface area contributed by atoms with Crippen LogP contribution in [0.2, 0.25) is 0 Å². The highest BCUT2D eigenvalue weighted by Crippen LogP contribution is 2.31. The van der Waals surface area contributed by atoms with E-state index in [0.29, 0.717) is 28.7 Å². The van der Waals surface area contributed by atoms with E-state index in [-0.39, 0.29) is 4.90 Å². The molecule has 0 atom stereocenters. The highest BCUT2D eigenvalue weighted by Gasteiger charge is 2.15. The van der Waals surface area contributed by atoms with E-state index in [0.717, 1.165) is 0 Å². The number of rotatable bonds is 7. The molecule has 0 aromatic heterocycles. The van der Waals surface area contributed by atoms with Gasteiger partial charge in [-0.25, -0.2) is 8.42 Å². The predicted molar refractivity (Wildman–Crippen MR) is 103 cm³/mol. The second-order valence-corrected chi connectivity index (χ2v) is 7.24. The van der Waals surface area contributed by atoms with Crippen LogP contribution in [0, 0.1) is 0 Å². The molecule has 6 nitrogen and oxygen atoms in total. The van der Waals surface area contributed by atoms with Gasteiger partial charge in [-0.2, -0.15) is 0 Å². The Balaban J connectivity index is 1.77. The van der Waals surface area contributed by atoms with Crippen molar-refractivity contribution in [1.29, 1.82) is 0 Å². The van der Waals surface area contributed by atoms with Crippen molar-refractivity contribution in [2.45, 2.75) is 4.90 Å². The van der Waals surface area contributed by atoms with E-state index < -0.39 is 10.0 Å². The molecular weight excluding hydrogens is 366 g/mol. The second-order valence-electron chi connectivity index (χ2n) is 5.56. The van der Waals surface area contributed by atoms with Crippen molar-refractivity contribution in [2.75, 3.05) is 18.9 Å². The lowest BCUT2D eigenvalue weighted by Crippen LogP contribution is -2.12. The molecule has 0 aliphatic heterocycles. The lowest BCUT2D eigenvalue weighted by Gasteiger charge is -2.11. The molecule has 0 bridgehead atoms. The number of hydrogen-bond donors (Lipinski definition) is 1. The lowest BCUT2D eigenvalue weighted by molar-refractivity contribution is 0.379. The molecule has 0 radical (unpaired) electrons. The van der Waals surface area contributed by atoms with Crippen LogP contribution in [-0.4, -0.2) is 22.6 Å². The molecule has 0 saturated carbocycles. The van der Waals surface area contributed by atoms with Crippen molar-refractivity contribution in [1.82, 2.24) is 0 Å². The number of methoxy groups -OCH3 is 2. The van der Waals surface area contributed by atoms with Gasteiger partial charge >= 0.3 is 0 Å². The molecule has 0 spiro atoms. The largest absolute Gasteiger partial charge is 0.497 e. The summed E-state index contributed by atoms with van der Waals surface area (Å²) in [6.07, 6.45) is 0. The zero-order valence-electron chi connectivity index (χ0n) is 14.9. The van der Waals surface area contributed by atoms with Gasteiger partial charge in [-0.1, -0.05) is 18.2 Å². The monoisotopic (exact) mass is 385 g/mol. The highest BCUT2D eigenvalue weighted by atomic mass is 32.2. The Labute approximate surface area is 158 Å². The molecular formula is C20H19NO5S. The molecule has 0 unspecified atom stereocenters. The van der Waals surface area contributed by atoms with Crippen LogP contribution < -0.4 is 18.9 Å². The minimum Gasteiger partial charge on any atom is -0.497 e. The summed E-state index contributed by atoms with van der Waals surface area (Å²) >= 11 is 0. The average Bonchev–Trinajstić information content (AvgIpc) is 2.68. The minimum atomic E-state index is -3.73. The van der Waals surface area contributed by atoms with Gasteiger partial charge in [0.1, 0.15) is 11.5 Å². The van der Waals surface area contributed by atoms with Crippen LogP contribution in [0.4, 0.5) is 5.69 Å². The van der Waals surface area contributed by atoms with E-state index in [2.05, 4.69) is 4.72 Å². The van der Waals surface area contributed by atoms with Crippen LogP contribution in [-0.2, 0) is 10.0 Å². The van der Waals surface area contributed by atoms with E-state index in [1.807, 2.05) is 12.1 Å². The average molecular weight is 385 g/mol. The highest BCUT2D eigenvalue weighted by molar-refractivity contribution is 7.92. The summed E-state index contributed by atoms with van der Waals surface area (Å²) in [5, 5.41) is 0.